The predicted molar refractivity (Wildman–Crippen MR) is 62.2 cm³/mol. The maximum absolute atomic E-state index is 11.2. The highest BCUT2D eigenvalue weighted by Crippen LogP contribution is 2.31. The summed E-state index contributed by atoms with van der Waals surface area (Å²) in [7, 11) is -3.47. The third-order valence-electron chi connectivity index (χ3n) is 1.79. The Hall–Kier alpha value is -0.890. The third-order valence-corrected chi connectivity index (χ3v) is 2.58. The molecule has 0 aromatic heterocycles. The SMILES string of the molecule is C=C(C)C(=O)OC(O)(COCCOCCO)[P+](=O)[O-]. The van der Waals surface area contributed by atoms with Gasteiger partial charge < -0.3 is 29.3 Å². The summed E-state index contributed by atoms with van der Waals surface area (Å²) < 4.78 is 25.0. The van der Waals surface area contributed by atoms with E-state index < -0.39 is 26.1 Å². The molecule has 9 heteroatoms. The van der Waals surface area contributed by atoms with Crippen molar-refractivity contribution in [2.24, 2.45) is 0 Å². The van der Waals surface area contributed by atoms with E-state index in [4.69, 9.17) is 14.6 Å². The lowest BCUT2D eigenvalue weighted by Crippen LogP contribution is -2.39. The van der Waals surface area contributed by atoms with E-state index in [1.807, 2.05) is 0 Å². The van der Waals surface area contributed by atoms with Crippen LogP contribution in [0.25, 0.3) is 0 Å². The molecule has 2 atom stereocenters. The molecule has 19 heavy (non-hydrogen) atoms. The Labute approximate surface area is 111 Å². The first-order valence-electron chi connectivity index (χ1n) is 5.35. The van der Waals surface area contributed by atoms with Gasteiger partial charge in [0.2, 0.25) is 0 Å². The topological polar surface area (TPSA) is 125 Å². The summed E-state index contributed by atoms with van der Waals surface area (Å²) in [4.78, 5) is 22.1. The zero-order valence-electron chi connectivity index (χ0n) is 10.5. The van der Waals surface area contributed by atoms with Gasteiger partial charge in [-0.25, -0.2) is 4.79 Å². The molecule has 0 saturated heterocycles. The molecule has 0 aliphatic rings. The molecule has 0 aromatic carbocycles. The lowest BCUT2D eigenvalue weighted by Gasteiger charge is -2.19. The van der Waals surface area contributed by atoms with Gasteiger partial charge in [-0.05, 0) is 6.92 Å². The number of esters is 1. The lowest BCUT2D eigenvalue weighted by molar-refractivity contribution is -0.231. The highest BCUT2D eigenvalue weighted by molar-refractivity contribution is 7.38. The molecular weight excluding hydrogens is 279 g/mol. The van der Waals surface area contributed by atoms with Crippen LogP contribution in [0.5, 0.6) is 0 Å². The zero-order chi connectivity index (χ0) is 14.9. The van der Waals surface area contributed by atoms with Crippen molar-refractivity contribution >= 4 is 14.0 Å². The summed E-state index contributed by atoms with van der Waals surface area (Å²) in [5.74, 6) is -1.04. The van der Waals surface area contributed by atoms with Gasteiger partial charge in [-0.2, -0.15) is 0 Å². The van der Waals surface area contributed by atoms with Gasteiger partial charge >= 0.3 is 19.5 Å². The van der Waals surface area contributed by atoms with Crippen LogP contribution in [0.3, 0.4) is 0 Å². The fourth-order valence-electron chi connectivity index (χ4n) is 0.845. The molecule has 0 bridgehead atoms. The molecule has 0 heterocycles. The number of aliphatic hydroxyl groups is 2. The minimum Gasteiger partial charge on any atom is -0.590 e. The second-order valence-electron chi connectivity index (χ2n) is 3.56. The highest BCUT2D eigenvalue weighted by atomic mass is 31.1. The van der Waals surface area contributed by atoms with E-state index in [0.29, 0.717) is 0 Å². The number of aliphatic hydroxyl groups excluding tert-OH is 1. The number of rotatable bonds is 10. The summed E-state index contributed by atoms with van der Waals surface area (Å²) >= 11 is 0. The first kappa shape index (κ1) is 18.1. The Kier molecular flexibility index (Phi) is 8.66. The molecule has 8 nitrogen and oxygen atoms in total. The fourth-order valence-corrected chi connectivity index (χ4v) is 1.20. The molecular formula is C10H17O8P. The number of hydrogen-bond donors (Lipinski definition) is 2. The first-order valence-corrected chi connectivity index (χ1v) is 6.53. The number of carbonyl (C=O) groups is 1. The van der Waals surface area contributed by atoms with Crippen LogP contribution in [-0.2, 0) is 23.6 Å². The van der Waals surface area contributed by atoms with Crippen molar-refractivity contribution < 1.29 is 38.7 Å². The lowest BCUT2D eigenvalue weighted by atomic mass is 10.4. The third kappa shape index (κ3) is 7.31. The van der Waals surface area contributed by atoms with Gasteiger partial charge in [0.15, 0.2) is 6.61 Å². The average molecular weight is 296 g/mol. The second-order valence-corrected chi connectivity index (χ2v) is 4.77. The highest BCUT2D eigenvalue weighted by Gasteiger charge is 2.46. The van der Waals surface area contributed by atoms with Crippen LogP contribution in [0.4, 0.5) is 0 Å². The minimum atomic E-state index is -3.47. The molecule has 0 fully saturated rings. The van der Waals surface area contributed by atoms with Gasteiger partial charge in [-0.1, -0.05) is 11.1 Å². The standard InChI is InChI=1S/C10H17O8P/c1-8(2)9(12)18-10(13,19(14)15)7-17-6-5-16-4-3-11/h11,13H,1,3-7H2,2H3. The van der Waals surface area contributed by atoms with E-state index in [9.17, 15) is 19.4 Å². The zero-order valence-corrected chi connectivity index (χ0v) is 11.4. The minimum absolute atomic E-state index is 0.0316. The molecule has 0 radical (unpaired) electrons. The van der Waals surface area contributed by atoms with Gasteiger partial charge in [0, 0.05) is 5.57 Å². The Morgan fingerprint density at radius 1 is 1.37 bits per heavy atom. The maximum atomic E-state index is 11.2. The summed E-state index contributed by atoms with van der Waals surface area (Å²) in [5, 5.41) is 18.0. The van der Waals surface area contributed by atoms with E-state index in [0.717, 1.165) is 0 Å². The van der Waals surface area contributed by atoms with Crippen LogP contribution >= 0.6 is 8.03 Å². The summed E-state index contributed by atoms with van der Waals surface area (Å²) in [6, 6.07) is 0. The van der Waals surface area contributed by atoms with E-state index in [-0.39, 0.29) is 32.0 Å². The van der Waals surface area contributed by atoms with Crippen molar-refractivity contribution in [2.45, 2.75) is 12.5 Å². The fraction of sp³-hybridized carbons (Fsp3) is 0.700. The maximum Gasteiger partial charge on any atom is 0.436 e. The van der Waals surface area contributed by atoms with E-state index >= 15 is 0 Å². The number of carbonyl (C=O) groups excluding carboxylic acids is 1. The number of hydrogen-bond acceptors (Lipinski definition) is 8. The Morgan fingerprint density at radius 3 is 2.42 bits per heavy atom. The van der Waals surface area contributed by atoms with Crippen LogP contribution in [0, 0.1) is 0 Å². The van der Waals surface area contributed by atoms with Crippen LogP contribution in [0.2, 0.25) is 0 Å². The normalized spacial score (nSPS) is 14.6. The smallest absolute Gasteiger partial charge is 0.436 e. The molecule has 2 N–H and O–H groups in total. The molecule has 0 spiro atoms. The Morgan fingerprint density at radius 2 is 1.95 bits per heavy atom. The van der Waals surface area contributed by atoms with Crippen LogP contribution in [0.15, 0.2) is 12.2 Å². The van der Waals surface area contributed by atoms with E-state index in [2.05, 4.69) is 11.3 Å². The van der Waals surface area contributed by atoms with Crippen molar-refractivity contribution in [1.29, 1.82) is 0 Å². The molecule has 0 rings (SSSR count). The van der Waals surface area contributed by atoms with Gasteiger partial charge in [0.05, 0.1) is 26.4 Å². The molecule has 0 amide bonds. The van der Waals surface area contributed by atoms with Crippen molar-refractivity contribution in [3.8, 4) is 0 Å². The van der Waals surface area contributed by atoms with Gasteiger partial charge in [-0.15, -0.1) is 0 Å². The van der Waals surface area contributed by atoms with E-state index in [1.54, 1.807) is 0 Å². The predicted octanol–water partition coefficient (Wildman–Crippen LogP) is -1.12. The van der Waals surface area contributed by atoms with Crippen molar-refractivity contribution in [2.75, 3.05) is 33.0 Å². The second kappa shape index (κ2) is 9.08. The molecule has 0 aromatic rings. The monoisotopic (exact) mass is 296 g/mol. The molecule has 0 saturated carbocycles. The van der Waals surface area contributed by atoms with Crippen molar-refractivity contribution in [3.63, 3.8) is 0 Å². The average Bonchev–Trinajstić information content (AvgIpc) is 2.33. The molecule has 110 valence electrons. The summed E-state index contributed by atoms with van der Waals surface area (Å²) in [6.45, 7) is 3.87. The summed E-state index contributed by atoms with van der Waals surface area (Å²) in [5.41, 5.74) is -2.79. The largest absolute Gasteiger partial charge is 0.590 e. The van der Waals surface area contributed by atoms with E-state index in [1.165, 1.54) is 6.92 Å². The van der Waals surface area contributed by atoms with Crippen LogP contribution in [0.1, 0.15) is 6.92 Å². The first-order chi connectivity index (χ1) is 8.83. The van der Waals surface area contributed by atoms with Crippen LogP contribution in [-0.4, -0.2) is 54.7 Å². The van der Waals surface area contributed by atoms with Gasteiger partial charge in [-0.3, -0.25) is 0 Å². The van der Waals surface area contributed by atoms with Gasteiger partial charge in [0.1, 0.15) is 0 Å². The summed E-state index contributed by atoms with van der Waals surface area (Å²) in [6.07, 6.45) is 0. The Bertz CT molecular complexity index is 331. The van der Waals surface area contributed by atoms with Crippen molar-refractivity contribution in [3.05, 3.63) is 12.2 Å². The molecule has 0 aliphatic carbocycles. The molecule has 2 unspecified atom stereocenters. The molecule has 0 aliphatic heterocycles. The van der Waals surface area contributed by atoms with Gasteiger partial charge in [0.25, 0.3) is 0 Å². The van der Waals surface area contributed by atoms with Crippen LogP contribution < -0.4 is 4.89 Å². The quantitative estimate of drug-likeness (QED) is 0.171. The Balaban J connectivity index is 4.21. The van der Waals surface area contributed by atoms with Crippen molar-refractivity contribution in [1.82, 2.24) is 0 Å². The number of ether oxygens (including phenoxy) is 3.